The number of halogens is 3. The van der Waals surface area contributed by atoms with E-state index in [4.69, 9.17) is 0 Å². The van der Waals surface area contributed by atoms with E-state index in [1.807, 2.05) is 0 Å². The first-order chi connectivity index (χ1) is 8.69. The van der Waals surface area contributed by atoms with Crippen LogP contribution in [0.15, 0.2) is 29.4 Å². The molecule has 0 atom stereocenters. The van der Waals surface area contributed by atoms with Crippen molar-refractivity contribution in [3.05, 3.63) is 29.8 Å². The molecule has 1 aromatic carbocycles. The Balaban J connectivity index is 2.48. The van der Waals surface area contributed by atoms with Crippen LogP contribution < -0.4 is 0 Å². The Kier molecular flexibility index (Phi) is 3.04. The molecule has 0 unspecified atom stereocenters. The van der Waals surface area contributed by atoms with Crippen LogP contribution in [0.3, 0.4) is 0 Å². The predicted octanol–water partition coefficient (Wildman–Crippen LogP) is 1.08. The Morgan fingerprint density at radius 1 is 1.16 bits per heavy atom. The van der Waals surface area contributed by atoms with Crippen molar-refractivity contribution in [1.82, 2.24) is 20.2 Å². The molecule has 0 amide bonds. The lowest BCUT2D eigenvalue weighted by Gasteiger charge is -2.07. The maximum absolute atomic E-state index is 12.4. The van der Waals surface area contributed by atoms with Gasteiger partial charge in [-0.25, -0.2) is 8.42 Å². The fourth-order valence-corrected chi connectivity index (χ4v) is 2.00. The second kappa shape index (κ2) is 4.30. The molecule has 0 radical (unpaired) electrons. The molecule has 0 saturated carbocycles. The van der Waals surface area contributed by atoms with Gasteiger partial charge in [-0.1, -0.05) is 5.10 Å². The minimum Gasteiger partial charge on any atom is -0.221 e. The highest BCUT2D eigenvalue weighted by atomic mass is 32.2. The molecule has 2 aromatic rings. The van der Waals surface area contributed by atoms with Gasteiger partial charge in [0.1, 0.15) is 0 Å². The fourth-order valence-electron chi connectivity index (χ4n) is 1.36. The number of alkyl halides is 3. The standard InChI is InChI=1S/C9H7F3N4O2S/c1-19(17,18)8-13-14-15-16(8)7-4-2-6(3-5-7)9(10,11)12/h2-5H,1H3. The molecule has 0 saturated heterocycles. The number of hydrogen-bond acceptors (Lipinski definition) is 5. The normalized spacial score (nSPS) is 12.6. The summed E-state index contributed by atoms with van der Waals surface area (Å²) >= 11 is 0. The molecule has 2 rings (SSSR count). The van der Waals surface area contributed by atoms with Gasteiger partial charge in [-0.2, -0.15) is 17.9 Å². The fraction of sp³-hybridized carbons (Fsp3) is 0.222. The molecule has 102 valence electrons. The van der Waals surface area contributed by atoms with Gasteiger partial charge >= 0.3 is 6.18 Å². The van der Waals surface area contributed by atoms with Crippen LogP contribution in [0.5, 0.6) is 0 Å². The summed E-state index contributed by atoms with van der Waals surface area (Å²) in [6.07, 6.45) is -3.56. The van der Waals surface area contributed by atoms with Crippen LogP contribution in [0.25, 0.3) is 5.69 Å². The first-order valence-corrected chi connectivity index (χ1v) is 6.75. The van der Waals surface area contributed by atoms with Crippen LogP contribution in [0.4, 0.5) is 13.2 Å². The van der Waals surface area contributed by atoms with E-state index in [-0.39, 0.29) is 5.69 Å². The molecule has 0 bridgehead atoms. The van der Waals surface area contributed by atoms with Crippen molar-refractivity contribution < 1.29 is 21.6 Å². The molecule has 10 heteroatoms. The van der Waals surface area contributed by atoms with Crippen LogP contribution in [0, 0.1) is 0 Å². The van der Waals surface area contributed by atoms with Gasteiger partial charge < -0.3 is 0 Å². The van der Waals surface area contributed by atoms with Crippen molar-refractivity contribution in [3.63, 3.8) is 0 Å². The summed E-state index contributed by atoms with van der Waals surface area (Å²) in [5, 5.41) is 9.53. The molecular formula is C9H7F3N4O2S. The van der Waals surface area contributed by atoms with Gasteiger partial charge in [0.2, 0.25) is 9.84 Å². The number of benzene rings is 1. The highest BCUT2D eigenvalue weighted by molar-refractivity contribution is 7.90. The predicted molar refractivity (Wildman–Crippen MR) is 57.3 cm³/mol. The average molecular weight is 292 g/mol. The number of tetrazole rings is 1. The third kappa shape index (κ3) is 2.72. The summed E-state index contributed by atoms with van der Waals surface area (Å²) in [7, 11) is -3.67. The number of nitrogens with zero attached hydrogens (tertiary/aromatic N) is 4. The lowest BCUT2D eigenvalue weighted by molar-refractivity contribution is -0.137. The summed E-state index contributed by atoms with van der Waals surface area (Å²) in [6, 6.07) is 3.83. The van der Waals surface area contributed by atoms with E-state index in [0.29, 0.717) is 0 Å². The minimum atomic E-state index is -4.46. The molecule has 0 fully saturated rings. The van der Waals surface area contributed by atoms with Gasteiger partial charge in [0.25, 0.3) is 5.16 Å². The number of hydrogen-bond donors (Lipinski definition) is 0. The zero-order chi connectivity index (χ0) is 14.3. The summed E-state index contributed by atoms with van der Waals surface area (Å²) in [5.41, 5.74) is -0.719. The monoisotopic (exact) mass is 292 g/mol. The van der Waals surface area contributed by atoms with Crippen molar-refractivity contribution in [1.29, 1.82) is 0 Å². The van der Waals surface area contributed by atoms with Gasteiger partial charge in [0, 0.05) is 6.26 Å². The number of aromatic nitrogens is 4. The molecule has 0 aliphatic rings. The minimum absolute atomic E-state index is 0.124. The number of sulfone groups is 1. The lowest BCUT2D eigenvalue weighted by Crippen LogP contribution is -2.10. The topological polar surface area (TPSA) is 77.7 Å². The van der Waals surface area contributed by atoms with Crippen molar-refractivity contribution in [2.24, 2.45) is 0 Å². The SMILES string of the molecule is CS(=O)(=O)c1nnnn1-c1ccc(C(F)(F)F)cc1. The van der Waals surface area contributed by atoms with Crippen molar-refractivity contribution in [3.8, 4) is 5.69 Å². The average Bonchev–Trinajstić information content (AvgIpc) is 2.76. The maximum Gasteiger partial charge on any atom is 0.416 e. The van der Waals surface area contributed by atoms with Gasteiger partial charge in [0.15, 0.2) is 0 Å². The van der Waals surface area contributed by atoms with Crippen molar-refractivity contribution in [2.45, 2.75) is 11.3 Å². The summed E-state index contributed by atoms with van der Waals surface area (Å²) in [4.78, 5) is 0. The van der Waals surface area contributed by atoms with Crippen LogP contribution in [0.2, 0.25) is 0 Å². The Morgan fingerprint density at radius 2 is 1.74 bits per heavy atom. The lowest BCUT2D eigenvalue weighted by atomic mass is 10.2. The van der Waals surface area contributed by atoms with E-state index in [1.54, 1.807) is 0 Å². The molecule has 0 spiro atoms. The van der Waals surface area contributed by atoms with E-state index in [9.17, 15) is 21.6 Å². The molecule has 0 aliphatic heterocycles. The quantitative estimate of drug-likeness (QED) is 0.828. The molecular weight excluding hydrogens is 285 g/mol. The molecule has 0 N–H and O–H groups in total. The first kappa shape index (κ1) is 13.5. The van der Waals surface area contributed by atoms with Crippen molar-refractivity contribution >= 4 is 9.84 Å². The zero-order valence-corrected chi connectivity index (χ0v) is 10.3. The van der Waals surface area contributed by atoms with Crippen LogP contribution in [-0.2, 0) is 16.0 Å². The number of rotatable bonds is 2. The van der Waals surface area contributed by atoms with E-state index >= 15 is 0 Å². The second-order valence-corrected chi connectivity index (χ2v) is 5.60. The van der Waals surface area contributed by atoms with E-state index in [2.05, 4.69) is 15.5 Å². The Hall–Kier alpha value is -1.97. The Labute approximate surface area is 105 Å². The molecule has 1 aromatic heterocycles. The summed E-state index contributed by atoms with van der Waals surface area (Å²) < 4.78 is 60.8. The first-order valence-electron chi connectivity index (χ1n) is 4.85. The molecule has 0 aliphatic carbocycles. The molecule has 6 nitrogen and oxygen atoms in total. The second-order valence-electron chi connectivity index (χ2n) is 3.69. The zero-order valence-electron chi connectivity index (χ0n) is 9.46. The van der Waals surface area contributed by atoms with Gasteiger partial charge in [-0.15, -0.1) is 0 Å². The Bertz CT molecular complexity index is 691. The molecule has 1 heterocycles. The smallest absolute Gasteiger partial charge is 0.221 e. The highest BCUT2D eigenvalue weighted by Crippen LogP contribution is 2.29. The highest BCUT2D eigenvalue weighted by Gasteiger charge is 2.30. The van der Waals surface area contributed by atoms with Gasteiger partial charge in [0.05, 0.1) is 11.3 Å². The van der Waals surface area contributed by atoms with Crippen LogP contribution >= 0.6 is 0 Å². The largest absolute Gasteiger partial charge is 0.416 e. The van der Waals surface area contributed by atoms with Crippen LogP contribution in [0.1, 0.15) is 5.56 Å². The van der Waals surface area contributed by atoms with Crippen molar-refractivity contribution in [2.75, 3.05) is 6.26 Å². The van der Waals surface area contributed by atoms with Gasteiger partial charge in [-0.3, -0.25) is 0 Å². The molecule has 19 heavy (non-hydrogen) atoms. The van der Waals surface area contributed by atoms with E-state index < -0.39 is 26.7 Å². The van der Waals surface area contributed by atoms with E-state index in [0.717, 1.165) is 35.2 Å². The van der Waals surface area contributed by atoms with Gasteiger partial charge in [-0.05, 0) is 34.7 Å². The van der Waals surface area contributed by atoms with E-state index in [1.165, 1.54) is 0 Å². The Morgan fingerprint density at radius 3 is 2.21 bits per heavy atom. The third-order valence-corrected chi connectivity index (χ3v) is 3.13. The summed E-state index contributed by atoms with van der Waals surface area (Å²) in [5.74, 6) is 0. The maximum atomic E-state index is 12.4. The third-order valence-electron chi connectivity index (χ3n) is 2.21. The van der Waals surface area contributed by atoms with Crippen LogP contribution in [-0.4, -0.2) is 34.9 Å². The summed E-state index contributed by atoms with van der Waals surface area (Å²) in [6.45, 7) is 0.